The summed E-state index contributed by atoms with van der Waals surface area (Å²) in [4.78, 5) is 13.8. The lowest BCUT2D eigenvalue weighted by Gasteiger charge is -2.14. The molecule has 2 heterocycles. The van der Waals surface area contributed by atoms with E-state index in [9.17, 15) is 4.79 Å². The van der Waals surface area contributed by atoms with Crippen LogP contribution in [0.5, 0.6) is 0 Å². The molecule has 6 nitrogen and oxygen atoms in total. The Labute approximate surface area is 113 Å². The van der Waals surface area contributed by atoms with Gasteiger partial charge in [0.05, 0.1) is 10.7 Å². The van der Waals surface area contributed by atoms with Crippen molar-refractivity contribution in [2.45, 2.75) is 6.54 Å². The highest BCUT2D eigenvalue weighted by Gasteiger charge is 2.18. The summed E-state index contributed by atoms with van der Waals surface area (Å²) in [5.41, 5.74) is 1.41. The predicted octanol–water partition coefficient (Wildman–Crippen LogP) is 1.19. The summed E-state index contributed by atoms with van der Waals surface area (Å²) in [5, 5.41) is 8.21. The SMILES string of the molecule is CN(Cc1cnn(C)c1)C(=O)c1nn(C)cc1Br. The largest absolute Gasteiger partial charge is 0.336 e. The minimum atomic E-state index is -0.119. The Balaban J connectivity index is 2.11. The number of halogens is 1. The molecule has 2 aromatic rings. The van der Waals surface area contributed by atoms with E-state index in [1.165, 1.54) is 0 Å². The Kier molecular flexibility index (Phi) is 3.51. The number of carbonyl (C=O) groups excluding carboxylic acids is 1. The van der Waals surface area contributed by atoms with Crippen molar-refractivity contribution in [1.29, 1.82) is 0 Å². The maximum absolute atomic E-state index is 12.2. The zero-order valence-corrected chi connectivity index (χ0v) is 12.0. The first-order chi connectivity index (χ1) is 8.47. The molecule has 0 aromatic carbocycles. The van der Waals surface area contributed by atoms with E-state index in [1.54, 1.807) is 40.8 Å². The van der Waals surface area contributed by atoms with Gasteiger partial charge in [0.1, 0.15) is 0 Å². The third-order valence-corrected chi connectivity index (χ3v) is 3.09. The van der Waals surface area contributed by atoms with Crippen molar-refractivity contribution in [3.63, 3.8) is 0 Å². The number of carbonyl (C=O) groups is 1. The number of rotatable bonds is 3. The average Bonchev–Trinajstić information content (AvgIpc) is 2.84. The summed E-state index contributed by atoms with van der Waals surface area (Å²) in [6.45, 7) is 0.510. The van der Waals surface area contributed by atoms with Crippen LogP contribution in [0.15, 0.2) is 23.1 Å². The summed E-state index contributed by atoms with van der Waals surface area (Å²) in [6.07, 6.45) is 5.39. The highest BCUT2D eigenvalue weighted by molar-refractivity contribution is 9.10. The standard InChI is InChI=1S/C11H14BrN5O/c1-15(5-8-4-13-16(2)6-8)11(18)10-9(12)7-17(3)14-10/h4,6-7H,5H2,1-3H3. The van der Waals surface area contributed by atoms with Gasteiger partial charge in [0.2, 0.25) is 0 Å². The first-order valence-electron chi connectivity index (χ1n) is 5.39. The highest BCUT2D eigenvalue weighted by Crippen LogP contribution is 2.16. The van der Waals surface area contributed by atoms with Crippen molar-refractivity contribution in [2.24, 2.45) is 14.1 Å². The van der Waals surface area contributed by atoms with Crippen LogP contribution < -0.4 is 0 Å². The van der Waals surface area contributed by atoms with Gasteiger partial charge in [-0.15, -0.1) is 0 Å². The molecule has 0 atom stereocenters. The molecule has 0 radical (unpaired) electrons. The Morgan fingerprint density at radius 2 is 2.11 bits per heavy atom. The normalized spacial score (nSPS) is 10.7. The van der Waals surface area contributed by atoms with Crippen molar-refractivity contribution in [2.75, 3.05) is 7.05 Å². The zero-order valence-electron chi connectivity index (χ0n) is 10.5. The molecular weight excluding hydrogens is 298 g/mol. The molecule has 2 aromatic heterocycles. The van der Waals surface area contributed by atoms with Crippen molar-refractivity contribution in [3.05, 3.63) is 34.3 Å². The summed E-state index contributed by atoms with van der Waals surface area (Å²) in [6, 6.07) is 0. The van der Waals surface area contributed by atoms with Crippen LogP contribution in [0.4, 0.5) is 0 Å². The number of aryl methyl sites for hydroxylation is 2. The first-order valence-corrected chi connectivity index (χ1v) is 6.19. The van der Waals surface area contributed by atoms with Gasteiger partial charge in [-0.05, 0) is 15.9 Å². The maximum atomic E-state index is 12.2. The molecule has 0 N–H and O–H groups in total. The van der Waals surface area contributed by atoms with E-state index < -0.39 is 0 Å². The fourth-order valence-electron chi connectivity index (χ4n) is 1.68. The number of hydrogen-bond acceptors (Lipinski definition) is 3. The van der Waals surface area contributed by atoms with E-state index in [0.29, 0.717) is 16.7 Å². The monoisotopic (exact) mass is 311 g/mol. The lowest BCUT2D eigenvalue weighted by atomic mass is 10.3. The Morgan fingerprint density at radius 3 is 2.61 bits per heavy atom. The molecule has 0 fully saturated rings. The second-order valence-corrected chi connectivity index (χ2v) is 5.04. The molecule has 1 amide bonds. The second kappa shape index (κ2) is 4.93. The van der Waals surface area contributed by atoms with Gasteiger partial charge in [0.15, 0.2) is 5.69 Å². The van der Waals surface area contributed by atoms with Gasteiger partial charge in [-0.1, -0.05) is 0 Å². The molecule has 18 heavy (non-hydrogen) atoms. The quantitative estimate of drug-likeness (QED) is 0.855. The molecule has 0 aliphatic carbocycles. The van der Waals surface area contributed by atoms with Gasteiger partial charge in [-0.2, -0.15) is 10.2 Å². The third-order valence-electron chi connectivity index (χ3n) is 2.51. The molecule has 96 valence electrons. The first kappa shape index (κ1) is 12.8. The van der Waals surface area contributed by atoms with Crippen molar-refractivity contribution in [3.8, 4) is 0 Å². The van der Waals surface area contributed by atoms with Gasteiger partial charge in [0.25, 0.3) is 5.91 Å². The molecular formula is C11H14BrN5O. The molecule has 0 aliphatic rings. The molecule has 7 heteroatoms. The number of aromatic nitrogens is 4. The van der Waals surface area contributed by atoms with Crippen LogP contribution in [0.1, 0.15) is 16.1 Å². The summed E-state index contributed by atoms with van der Waals surface area (Å²) in [7, 11) is 5.37. The summed E-state index contributed by atoms with van der Waals surface area (Å²) in [5.74, 6) is -0.119. The van der Waals surface area contributed by atoms with Crippen molar-refractivity contribution >= 4 is 21.8 Å². The van der Waals surface area contributed by atoms with Crippen LogP contribution in [0.3, 0.4) is 0 Å². The van der Waals surface area contributed by atoms with Gasteiger partial charge < -0.3 is 4.90 Å². The van der Waals surface area contributed by atoms with E-state index in [2.05, 4.69) is 26.1 Å². The van der Waals surface area contributed by atoms with Crippen LogP contribution in [-0.4, -0.2) is 37.4 Å². The number of nitrogens with zero attached hydrogens (tertiary/aromatic N) is 5. The minimum absolute atomic E-state index is 0.119. The van der Waals surface area contributed by atoms with Crippen molar-refractivity contribution in [1.82, 2.24) is 24.5 Å². The van der Waals surface area contributed by atoms with E-state index in [1.807, 2.05) is 13.2 Å². The van der Waals surface area contributed by atoms with Crippen LogP contribution >= 0.6 is 15.9 Å². The van der Waals surface area contributed by atoms with Crippen LogP contribution in [0.25, 0.3) is 0 Å². The Bertz CT molecular complexity index is 574. The topological polar surface area (TPSA) is 56.0 Å². The molecule has 0 aliphatic heterocycles. The van der Waals surface area contributed by atoms with Gasteiger partial charge in [-0.25, -0.2) is 0 Å². The predicted molar refractivity (Wildman–Crippen MR) is 69.9 cm³/mol. The fraction of sp³-hybridized carbons (Fsp3) is 0.364. The Morgan fingerprint density at radius 1 is 1.39 bits per heavy atom. The summed E-state index contributed by atoms with van der Waals surface area (Å²) >= 11 is 3.33. The van der Waals surface area contributed by atoms with E-state index in [0.717, 1.165) is 5.56 Å². The molecule has 0 saturated carbocycles. The molecule has 2 rings (SSSR count). The lowest BCUT2D eigenvalue weighted by molar-refractivity contribution is 0.0777. The number of hydrogen-bond donors (Lipinski definition) is 0. The third kappa shape index (κ3) is 2.61. The van der Waals surface area contributed by atoms with Crippen LogP contribution in [0, 0.1) is 0 Å². The van der Waals surface area contributed by atoms with Gasteiger partial charge >= 0.3 is 0 Å². The lowest BCUT2D eigenvalue weighted by Crippen LogP contribution is -2.26. The highest BCUT2D eigenvalue weighted by atomic mass is 79.9. The molecule has 0 spiro atoms. The molecule has 0 saturated heterocycles. The van der Waals surface area contributed by atoms with Crippen LogP contribution in [0.2, 0.25) is 0 Å². The van der Waals surface area contributed by atoms with Gasteiger partial charge in [0, 0.05) is 45.6 Å². The minimum Gasteiger partial charge on any atom is -0.336 e. The maximum Gasteiger partial charge on any atom is 0.275 e. The van der Waals surface area contributed by atoms with E-state index in [4.69, 9.17) is 0 Å². The fourth-order valence-corrected chi connectivity index (χ4v) is 2.23. The average molecular weight is 312 g/mol. The smallest absolute Gasteiger partial charge is 0.275 e. The van der Waals surface area contributed by atoms with E-state index in [-0.39, 0.29) is 5.91 Å². The molecule has 0 unspecified atom stereocenters. The summed E-state index contributed by atoms with van der Waals surface area (Å²) < 4.78 is 4.02. The zero-order chi connectivity index (χ0) is 13.3. The van der Waals surface area contributed by atoms with E-state index >= 15 is 0 Å². The number of amides is 1. The van der Waals surface area contributed by atoms with Gasteiger partial charge in [-0.3, -0.25) is 14.2 Å². The Hall–Kier alpha value is -1.63. The van der Waals surface area contributed by atoms with Crippen molar-refractivity contribution < 1.29 is 4.79 Å². The second-order valence-electron chi connectivity index (χ2n) is 4.18. The molecule has 0 bridgehead atoms. The van der Waals surface area contributed by atoms with Crippen LogP contribution in [-0.2, 0) is 20.6 Å².